The van der Waals surface area contributed by atoms with Crippen molar-refractivity contribution in [3.05, 3.63) is 118 Å². The van der Waals surface area contributed by atoms with Crippen molar-refractivity contribution in [3.8, 4) is 0 Å². The fourth-order valence-corrected chi connectivity index (χ4v) is 5.71. The van der Waals surface area contributed by atoms with Gasteiger partial charge in [-0.15, -0.1) is 0 Å². The summed E-state index contributed by atoms with van der Waals surface area (Å²) < 4.78 is 51.6. The highest BCUT2D eigenvalue weighted by Crippen LogP contribution is 2.43. The van der Waals surface area contributed by atoms with Crippen LogP contribution in [-0.2, 0) is 17.4 Å². The lowest BCUT2D eigenvalue weighted by Crippen LogP contribution is -2.14. The summed E-state index contributed by atoms with van der Waals surface area (Å²) in [7, 11) is 0. The zero-order valence-electron chi connectivity index (χ0n) is 21.2. The summed E-state index contributed by atoms with van der Waals surface area (Å²) in [6, 6.07) is 18.2. The molecule has 11 heteroatoms. The van der Waals surface area contributed by atoms with E-state index >= 15 is 0 Å². The quantitative estimate of drug-likeness (QED) is 0.154. The number of benzene rings is 3. The van der Waals surface area contributed by atoms with Gasteiger partial charge in [0.15, 0.2) is 9.79 Å². The molecule has 6 nitrogen and oxygen atoms in total. The lowest BCUT2D eigenvalue weighted by atomic mass is 10.0. The number of carboxylic acid groups (broad SMARTS) is 1. The van der Waals surface area contributed by atoms with Gasteiger partial charge in [0.2, 0.25) is 5.78 Å². The molecule has 2 N–H and O–H groups in total. The van der Waals surface area contributed by atoms with Crippen LogP contribution in [0.3, 0.4) is 0 Å². The molecule has 41 heavy (non-hydrogen) atoms. The number of halogens is 4. The van der Waals surface area contributed by atoms with Gasteiger partial charge in [-0.2, -0.15) is 13.2 Å². The molecule has 4 aromatic rings. The van der Waals surface area contributed by atoms with Gasteiger partial charge < -0.3 is 15.0 Å². The normalized spacial score (nSPS) is 14.8. The van der Waals surface area contributed by atoms with Crippen molar-refractivity contribution >= 4 is 40.2 Å². The van der Waals surface area contributed by atoms with Gasteiger partial charge in [-0.1, -0.05) is 23.7 Å². The highest BCUT2D eigenvalue weighted by atomic mass is 35.5. The highest BCUT2D eigenvalue weighted by Gasteiger charge is 2.33. The fraction of sp³-hybridized carbons (Fsp3) is 0.167. The number of aromatic nitrogens is 1. The van der Waals surface area contributed by atoms with Crippen LogP contribution in [0.5, 0.6) is 0 Å². The van der Waals surface area contributed by atoms with Crippen LogP contribution in [0, 0.1) is 5.92 Å². The van der Waals surface area contributed by atoms with E-state index in [0.717, 1.165) is 48.7 Å². The third-order valence-electron chi connectivity index (χ3n) is 6.71. The molecule has 3 aromatic carbocycles. The maximum absolute atomic E-state index is 13.1. The Kier molecular flexibility index (Phi) is 8.08. The second-order valence-corrected chi connectivity index (χ2v) is 11.5. The smallest absolute Gasteiger partial charge is 0.416 e. The molecule has 1 fully saturated rings. The molecular formula is C30H22ClF3N2O4S. The Hall–Kier alpha value is -3.86. The molecule has 5 rings (SSSR count). The molecular weight excluding hydrogens is 577 g/mol. The van der Waals surface area contributed by atoms with Crippen LogP contribution in [0.25, 0.3) is 0 Å². The predicted octanol–water partition coefficient (Wildman–Crippen LogP) is 7.41. The average Bonchev–Trinajstić information content (AvgIpc) is 3.81. The summed E-state index contributed by atoms with van der Waals surface area (Å²) in [6.45, 7) is 0. The van der Waals surface area contributed by atoms with E-state index in [1.165, 1.54) is 24.4 Å². The summed E-state index contributed by atoms with van der Waals surface area (Å²) in [5.74, 6) is -1.50. The molecule has 0 amide bonds. The molecule has 2 unspecified atom stereocenters. The van der Waals surface area contributed by atoms with Crippen molar-refractivity contribution in [2.24, 2.45) is 5.92 Å². The maximum Gasteiger partial charge on any atom is 0.416 e. The first-order chi connectivity index (χ1) is 19.5. The number of anilines is 1. The summed E-state index contributed by atoms with van der Waals surface area (Å²) in [5.41, 5.74) is 0.578. The molecule has 0 bridgehead atoms. The second-order valence-electron chi connectivity index (χ2n) is 9.58. The predicted molar refractivity (Wildman–Crippen MR) is 148 cm³/mol. The first-order valence-corrected chi connectivity index (χ1v) is 14.0. The molecule has 1 heterocycles. The molecule has 1 aliphatic carbocycles. The van der Waals surface area contributed by atoms with E-state index in [9.17, 15) is 32.4 Å². The molecule has 1 saturated carbocycles. The molecule has 0 saturated heterocycles. The molecule has 1 aliphatic rings. The number of nitrogens with one attached hydrogen (secondary N) is 1. The zero-order chi connectivity index (χ0) is 29.3. The number of carboxylic acids is 1. The number of nitrogens with zero attached hydrogens (tertiary/aromatic N) is 1. The number of alkyl halides is 3. The molecule has 210 valence electrons. The summed E-state index contributed by atoms with van der Waals surface area (Å²) in [6.07, 6.45) is -0.845. The van der Waals surface area contributed by atoms with Crippen molar-refractivity contribution < 1.29 is 32.4 Å². The Morgan fingerprint density at radius 2 is 1.68 bits per heavy atom. The summed E-state index contributed by atoms with van der Waals surface area (Å²) >= 11 is 3.93. The minimum absolute atomic E-state index is 0.00701. The monoisotopic (exact) mass is 598 g/mol. The van der Waals surface area contributed by atoms with Crippen molar-refractivity contribution in [2.75, 3.05) is 5.32 Å². The van der Waals surface area contributed by atoms with E-state index in [1.807, 2.05) is 24.3 Å². The minimum Gasteiger partial charge on any atom is -0.606 e. The lowest BCUT2D eigenvalue weighted by Gasteiger charge is -2.20. The van der Waals surface area contributed by atoms with E-state index in [2.05, 4.69) is 10.3 Å². The maximum atomic E-state index is 13.1. The molecule has 0 aliphatic heterocycles. The largest absolute Gasteiger partial charge is 0.606 e. The Balaban J connectivity index is 1.34. The van der Waals surface area contributed by atoms with Gasteiger partial charge in [0.1, 0.15) is 11.3 Å². The van der Waals surface area contributed by atoms with E-state index < -0.39 is 40.2 Å². The number of carbonyl (C=O) groups excluding carboxylic acids is 1. The van der Waals surface area contributed by atoms with Gasteiger partial charge in [0.05, 0.1) is 23.5 Å². The van der Waals surface area contributed by atoms with Crippen LogP contribution >= 0.6 is 11.6 Å². The molecule has 2 atom stereocenters. The fourth-order valence-electron chi connectivity index (χ4n) is 4.41. The average molecular weight is 599 g/mol. The summed E-state index contributed by atoms with van der Waals surface area (Å²) in [4.78, 5) is 29.2. The van der Waals surface area contributed by atoms with Crippen molar-refractivity contribution in [2.45, 2.75) is 34.9 Å². The number of aromatic carboxylic acids is 1. The summed E-state index contributed by atoms with van der Waals surface area (Å²) in [5, 5.41) is 13.9. The molecule has 0 spiro atoms. The standard InChI is InChI=1S/C30H22ClF3N2O4S/c31-21-8-3-18(4-9-21)27(17-1-2-17)36-22-10-13-25(35-16-22)28(37)19-5-14-26(24(15-19)29(38)39)41(40)23-11-6-20(7-12-23)30(32,33)34/h3-17,27,36H,1-2H2,(H,38,39). The number of carbonyl (C=O) groups is 2. The van der Waals surface area contributed by atoms with E-state index in [0.29, 0.717) is 16.6 Å². The first kappa shape index (κ1) is 28.7. The minimum atomic E-state index is -4.56. The number of rotatable bonds is 9. The number of hydrogen-bond acceptors (Lipinski definition) is 5. The third-order valence-corrected chi connectivity index (χ3v) is 8.42. The van der Waals surface area contributed by atoms with Gasteiger partial charge in [-0.25, -0.2) is 4.79 Å². The van der Waals surface area contributed by atoms with Crippen molar-refractivity contribution in [1.82, 2.24) is 4.98 Å². The molecule has 1 aromatic heterocycles. The van der Waals surface area contributed by atoms with E-state index in [-0.39, 0.29) is 27.1 Å². The Morgan fingerprint density at radius 1 is 1.00 bits per heavy atom. The van der Waals surface area contributed by atoms with Gasteiger partial charge >= 0.3 is 12.1 Å². The number of hydrogen-bond donors (Lipinski definition) is 2. The van der Waals surface area contributed by atoms with Crippen LogP contribution in [0.2, 0.25) is 5.02 Å². The van der Waals surface area contributed by atoms with Gasteiger partial charge in [-0.05, 0) is 91.1 Å². The van der Waals surface area contributed by atoms with Crippen LogP contribution in [0.1, 0.15) is 56.4 Å². The SMILES string of the molecule is O=C(c1ccc([S+]([O-])c2ccc(C(F)(F)F)cc2)c(C(=O)O)c1)c1ccc(NC(c2ccc(Cl)cc2)C2CC2)cn1. The van der Waals surface area contributed by atoms with Crippen molar-refractivity contribution in [1.29, 1.82) is 0 Å². The first-order valence-electron chi connectivity index (χ1n) is 12.5. The van der Waals surface area contributed by atoms with Gasteiger partial charge in [0.25, 0.3) is 0 Å². The number of ketones is 1. The van der Waals surface area contributed by atoms with Crippen LogP contribution in [0.4, 0.5) is 18.9 Å². The Labute approximate surface area is 241 Å². The van der Waals surface area contributed by atoms with Crippen LogP contribution in [-0.4, -0.2) is 26.4 Å². The Bertz CT molecular complexity index is 1580. The Morgan fingerprint density at radius 3 is 2.24 bits per heavy atom. The topological polar surface area (TPSA) is 102 Å². The highest BCUT2D eigenvalue weighted by molar-refractivity contribution is 7.91. The molecule has 0 radical (unpaired) electrons. The van der Waals surface area contributed by atoms with E-state index in [4.69, 9.17) is 11.6 Å². The second kappa shape index (κ2) is 11.6. The zero-order valence-corrected chi connectivity index (χ0v) is 22.8. The van der Waals surface area contributed by atoms with Crippen LogP contribution in [0.15, 0.2) is 94.9 Å². The number of pyridine rings is 1. The van der Waals surface area contributed by atoms with E-state index in [1.54, 1.807) is 6.07 Å². The van der Waals surface area contributed by atoms with Crippen molar-refractivity contribution in [3.63, 3.8) is 0 Å². The van der Waals surface area contributed by atoms with Gasteiger partial charge in [0, 0.05) is 21.8 Å². The lowest BCUT2D eigenvalue weighted by molar-refractivity contribution is -0.137. The third kappa shape index (κ3) is 6.56. The van der Waals surface area contributed by atoms with Crippen LogP contribution < -0.4 is 5.32 Å². The van der Waals surface area contributed by atoms with Gasteiger partial charge in [-0.3, -0.25) is 9.78 Å².